The number of rotatable bonds is 3. The van der Waals surface area contributed by atoms with Gasteiger partial charge in [-0.1, -0.05) is 31.5 Å². The first kappa shape index (κ1) is 9.58. The van der Waals surface area contributed by atoms with Crippen LogP contribution < -0.4 is 5.11 Å². The van der Waals surface area contributed by atoms with Crippen LogP contribution >= 0.6 is 0 Å². The van der Waals surface area contributed by atoms with E-state index in [0.717, 1.165) is 12.0 Å². The maximum absolute atomic E-state index is 10.9. The van der Waals surface area contributed by atoms with Crippen molar-refractivity contribution in [3.8, 4) is 5.75 Å². The second kappa shape index (κ2) is 3.94. The summed E-state index contributed by atoms with van der Waals surface area (Å²) in [7, 11) is 0. The molecule has 1 rings (SSSR count). The number of hydrogen-bond acceptors (Lipinski definition) is 2. The molecule has 3 nitrogen and oxygen atoms in total. The molecule has 1 aromatic rings. The summed E-state index contributed by atoms with van der Waals surface area (Å²) in [6, 6.07) is 4.17. The maximum Gasteiger partial charge on any atom is 0.335 e. The first-order chi connectivity index (χ1) is 6.15. The van der Waals surface area contributed by atoms with E-state index in [2.05, 4.69) is 0 Å². The van der Waals surface area contributed by atoms with Crippen molar-refractivity contribution in [2.45, 2.75) is 19.8 Å². The minimum atomic E-state index is -1.03. The van der Waals surface area contributed by atoms with Gasteiger partial charge < -0.3 is 10.2 Å². The number of aryl methyl sites for hydroxylation is 1. The third kappa shape index (κ3) is 2.21. The van der Waals surface area contributed by atoms with E-state index in [1.165, 1.54) is 12.1 Å². The van der Waals surface area contributed by atoms with Crippen LogP contribution in [0.5, 0.6) is 5.75 Å². The van der Waals surface area contributed by atoms with E-state index in [9.17, 15) is 9.90 Å². The molecule has 0 fully saturated rings. The van der Waals surface area contributed by atoms with Crippen LogP contribution in [-0.4, -0.2) is 11.1 Å². The molecule has 0 amide bonds. The molecule has 0 aromatic heterocycles. The van der Waals surface area contributed by atoms with Crippen LogP contribution in [0.25, 0.3) is 0 Å². The summed E-state index contributed by atoms with van der Waals surface area (Å²) in [5.41, 5.74) is 0.865. The van der Waals surface area contributed by atoms with E-state index in [4.69, 9.17) is 5.11 Å². The van der Waals surface area contributed by atoms with E-state index in [0.29, 0.717) is 6.42 Å². The van der Waals surface area contributed by atoms with Gasteiger partial charge in [-0.3, -0.25) is 0 Å². The Morgan fingerprint density at radius 3 is 2.77 bits per heavy atom. The zero-order valence-corrected chi connectivity index (χ0v) is 7.41. The third-order valence-corrected chi connectivity index (χ3v) is 1.83. The molecular weight excluding hydrogens is 168 g/mol. The Hall–Kier alpha value is -1.51. The van der Waals surface area contributed by atoms with Gasteiger partial charge in [-0.15, -0.1) is 5.75 Å². The molecule has 3 heteroatoms. The summed E-state index contributed by atoms with van der Waals surface area (Å²) in [6.07, 6.45) is 1.57. The van der Waals surface area contributed by atoms with Gasteiger partial charge >= 0.3 is 5.97 Å². The normalized spacial score (nSPS) is 9.92. The van der Waals surface area contributed by atoms with Crippen LogP contribution in [0.15, 0.2) is 18.2 Å². The fourth-order valence-corrected chi connectivity index (χ4v) is 1.24. The minimum Gasteiger partial charge on any atom is -0.872 e. The molecule has 1 N–H and O–H groups in total. The van der Waals surface area contributed by atoms with Crippen molar-refractivity contribution in [1.29, 1.82) is 0 Å². The second-order valence-electron chi connectivity index (χ2n) is 2.87. The van der Waals surface area contributed by atoms with Crippen molar-refractivity contribution < 1.29 is 15.0 Å². The first-order valence-electron chi connectivity index (χ1n) is 4.18. The lowest BCUT2D eigenvalue weighted by atomic mass is 10.0. The fourth-order valence-electron chi connectivity index (χ4n) is 1.24. The lowest BCUT2D eigenvalue weighted by Gasteiger charge is -2.09. The Kier molecular flexibility index (Phi) is 2.90. The van der Waals surface area contributed by atoms with E-state index in [1.54, 1.807) is 6.07 Å². The molecule has 0 bridgehead atoms. The molecular formula is C10H11O3-. The van der Waals surface area contributed by atoms with E-state index < -0.39 is 5.97 Å². The second-order valence-corrected chi connectivity index (χ2v) is 2.87. The summed E-state index contributed by atoms with van der Waals surface area (Å²) in [4.78, 5) is 10.7. The monoisotopic (exact) mass is 179 g/mol. The summed E-state index contributed by atoms with van der Waals surface area (Å²) >= 11 is 0. The molecule has 0 saturated heterocycles. The van der Waals surface area contributed by atoms with Gasteiger partial charge in [0.15, 0.2) is 0 Å². The topological polar surface area (TPSA) is 60.4 Å². The highest BCUT2D eigenvalue weighted by Crippen LogP contribution is 2.16. The quantitative estimate of drug-likeness (QED) is 0.763. The van der Waals surface area contributed by atoms with Gasteiger partial charge in [0.05, 0.1) is 5.56 Å². The summed E-state index contributed by atoms with van der Waals surface area (Å²) in [5, 5.41) is 19.7. The summed E-state index contributed by atoms with van der Waals surface area (Å²) in [6.45, 7) is 1.97. The van der Waals surface area contributed by atoms with E-state index in [1.807, 2.05) is 6.92 Å². The van der Waals surface area contributed by atoms with E-state index >= 15 is 0 Å². The predicted molar refractivity (Wildman–Crippen MR) is 46.8 cm³/mol. The molecule has 0 radical (unpaired) electrons. The van der Waals surface area contributed by atoms with Crippen molar-refractivity contribution in [3.63, 3.8) is 0 Å². The van der Waals surface area contributed by atoms with Crippen molar-refractivity contribution in [1.82, 2.24) is 0 Å². The number of benzene rings is 1. The smallest absolute Gasteiger partial charge is 0.335 e. The molecule has 0 aliphatic heterocycles. The largest absolute Gasteiger partial charge is 0.872 e. The van der Waals surface area contributed by atoms with Crippen LogP contribution in [0.2, 0.25) is 0 Å². The molecule has 0 unspecified atom stereocenters. The molecule has 0 spiro atoms. The standard InChI is InChI=1S/C10H12O3/c1-2-3-7-4-5-8(11)6-9(7)10(12)13/h4-6,11H,2-3H2,1H3,(H,12,13)/p-1. The van der Waals surface area contributed by atoms with Crippen LogP contribution in [-0.2, 0) is 6.42 Å². The zero-order chi connectivity index (χ0) is 9.84. The highest BCUT2D eigenvalue weighted by atomic mass is 16.4. The Labute approximate surface area is 76.6 Å². The molecule has 0 atom stereocenters. The Bertz CT molecular complexity index is 318. The van der Waals surface area contributed by atoms with Crippen LogP contribution in [0.1, 0.15) is 29.3 Å². The number of aromatic carboxylic acids is 1. The lowest BCUT2D eigenvalue weighted by molar-refractivity contribution is -0.268. The average Bonchev–Trinajstić information content (AvgIpc) is 2.08. The molecule has 0 saturated carbocycles. The zero-order valence-electron chi connectivity index (χ0n) is 7.41. The van der Waals surface area contributed by atoms with Gasteiger partial charge in [0.25, 0.3) is 0 Å². The summed E-state index contributed by atoms with van der Waals surface area (Å²) in [5.74, 6) is -1.28. The number of carboxylic acid groups (broad SMARTS) is 1. The van der Waals surface area contributed by atoms with E-state index in [-0.39, 0.29) is 11.3 Å². The highest BCUT2D eigenvalue weighted by molar-refractivity contribution is 5.89. The average molecular weight is 179 g/mol. The Morgan fingerprint density at radius 2 is 2.23 bits per heavy atom. The van der Waals surface area contributed by atoms with Gasteiger partial charge in [0.1, 0.15) is 0 Å². The van der Waals surface area contributed by atoms with Gasteiger partial charge in [-0.05, 0) is 12.0 Å². The number of hydrogen-bond donors (Lipinski definition) is 1. The molecule has 13 heavy (non-hydrogen) atoms. The van der Waals surface area contributed by atoms with Gasteiger partial charge in [-0.2, -0.15) is 0 Å². The SMILES string of the molecule is CCCc1ccc([O-])cc1C(=O)O. The number of carboxylic acids is 1. The molecule has 0 aliphatic rings. The minimum absolute atomic E-state index is 0.134. The summed E-state index contributed by atoms with van der Waals surface area (Å²) < 4.78 is 0. The third-order valence-electron chi connectivity index (χ3n) is 1.83. The van der Waals surface area contributed by atoms with Crippen LogP contribution in [0.3, 0.4) is 0 Å². The maximum atomic E-state index is 10.9. The predicted octanol–water partition coefficient (Wildman–Crippen LogP) is 1.41. The van der Waals surface area contributed by atoms with Crippen molar-refractivity contribution in [2.24, 2.45) is 0 Å². The fraction of sp³-hybridized carbons (Fsp3) is 0.300. The number of carbonyl (C=O) groups is 1. The van der Waals surface area contributed by atoms with Crippen molar-refractivity contribution >= 4 is 5.97 Å². The first-order valence-corrected chi connectivity index (χ1v) is 4.18. The van der Waals surface area contributed by atoms with Crippen LogP contribution in [0, 0.1) is 0 Å². The molecule has 0 heterocycles. The molecule has 1 aromatic carbocycles. The van der Waals surface area contributed by atoms with Crippen molar-refractivity contribution in [2.75, 3.05) is 0 Å². The van der Waals surface area contributed by atoms with Crippen molar-refractivity contribution in [3.05, 3.63) is 29.3 Å². The Morgan fingerprint density at radius 1 is 1.54 bits per heavy atom. The van der Waals surface area contributed by atoms with Gasteiger partial charge in [-0.25, -0.2) is 4.79 Å². The highest BCUT2D eigenvalue weighted by Gasteiger charge is 2.07. The Balaban J connectivity index is 3.10. The van der Waals surface area contributed by atoms with Crippen LogP contribution in [0.4, 0.5) is 0 Å². The lowest BCUT2D eigenvalue weighted by Crippen LogP contribution is -2.04. The van der Waals surface area contributed by atoms with Gasteiger partial charge in [0, 0.05) is 0 Å². The molecule has 0 aliphatic carbocycles. The molecule has 70 valence electrons. The van der Waals surface area contributed by atoms with Gasteiger partial charge in [0.2, 0.25) is 0 Å².